The van der Waals surface area contributed by atoms with E-state index in [0.29, 0.717) is 12.8 Å². The van der Waals surface area contributed by atoms with Crippen LogP contribution in [0.4, 0.5) is 13.6 Å². The second-order valence-electron chi connectivity index (χ2n) is 9.37. The number of amides is 2. The number of nitrogens with zero attached hydrogens (tertiary/aromatic N) is 1. The second-order valence-corrected chi connectivity index (χ2v) is 9.37. The molecule has 3 aliphatic carbocycles. The molecule has 3 aliphatic rings. The maximum atomic E-state index is 14.4. The van der Waals surface area contributed by atoms with Crippen LogP contribution in [0, 0.1) is 11.8 Å². The van der Waals surface area contributed by atoms with Crippen LogP contribution in [-0.4, -0.2) is 59.6 Å². The molecule has 0 aliphatic heterocycles. The molecule has 0 aromatic heterocycles. The summed E-state index contributed by atoms with van der Waals surface area (Å²) in [6.45, 7) is -0.413. The topological polar surface area (TPSA) is 95.9 Å². The van der Waals surface area contributed by atoms with Crippen molar-refractivity contribution in [2.75, 3.05) is 19.7 Å². The third kappa shape index (κ3) is 4.47. The summed E-state index contributed by atoms with van der Waals surface area (Å²) in [5, 5.41) is 11.3. The Morgan fingerprint density at radius 1 is 1.03 bits per heavy atom. The quantitative estimate of drug-likeness (QED) is 0.563. The van der Waals surface area contributed by atoms with Crippen molar-refractivity contribution in [1.82, 2.24) is 10.2 Å². The van der Waals surface area contributed by atoms with Crippen molar-refractivity contribution >= 4 is 18.0 Å². The van der Waals surface area contributed by atoms with Crippen LogP contribution in [0.15, 0.2) is 48.5 Å². The van der Waals surface area contributed by atoms with Crippen LogP contribution in [0.2, 0.25) is 0 Å². The van der Waals surface area contributed by atoms with Gasteiger partial charge in [0.1, 0.15) is 12.5 Å². The lowest BCUT2D eigenvalue weighted by molar-refractivity contribution is -0.139. The van der Waals surface area contributed by atoms with Crippen molar-refractivity contribution in [2.24, 2.45) is 11.8 Å². The first-order chi connectivity index (χ1) is 16.8. The number of hydrogen-bond acceptors (Lipinski definition) is 4. The minimum atomic E-state index is -3.25. The minimum Gasteiger partial charge on any atom is -0.481 e. The van der Waals surface area contributed by atoms with Gasteiger partial charge in [-0.2, -0.15) is 0 Å². The van der Waals surface area contributed by atoms with Gasteiger partial charge in [0.05, 0.1) is 12.3 Å². The van der Waals surface area contributed by atoms with Crippen LogP contribution in [0.25, 0.3) is 11.1 Å². The third-order valence-electron chi connectivity index (χ3n) is 7.12. The molecule has 2 aromatic rings. The Morgan fingerprint density at radius 2 is 1.63 bits per heavy atom. The van der Waals surface area contributed by atoms with E-state index in [4.69, 9.17) is 9.84 Å². The van der Waals surface area contributed by atoms with E-state index < -0.39 is 42.3 Å². The van der Waals surface area contributed by atoms with Gasteiger partial charge in [-0.15, -0.1) is 0 Å². The number of alkyl carbamates (subject to hydrolysis) is 1. The lowest BCUT2D eigenvalue weighted by Gasteiger charge is -2.21. The van der Waals surface area contributed by atoms with Crippen LogP contribution in [0.5, 0.6) is 0 Å². The molecule has 7 nitrogen and oxygen atoms in total. The summed E-state index contributed by atoms with van der Waals surface area (Å²) in [5.74, 6) is -8.10. The van der Waals surface area contributed by atoms with Crippen molar-refractivity contribution < 1.29 is 33.0 Å². The highest BCUT2D eigenvalue weighted by atomic mass is 19.3. The number of carbonyl (C=O) groups is 3. The predicted octanol–water partition coefficient (Wildman–Crippen LogP) is 3.87. The van der Waals surface area contributed by atoms with Gasteiger partial charge in [-0.1, -0.05) is 48.5 Å². The Morgan fingerprint density at radius 3 is 2.20 bits per heavy atom. The number of nitrogens with one attached hydrogen (secondary N) is 1. The number of ether oxygens (including phenoxy) is 1. The fraction of sp³-hybridized carbons (Fsp3) is 0.423. The summed E-state index contributed by atoms with van der Waals surface area (Å²) in [4.78, 5) is 37.2. The maximum Gasteiger partial charge on any atom is 0.407 e. The normalized spacial score (nSPS) is 21.5. The molecule has 5 rings (SSSR count). The lowest BCUT2D eigenvalue weighted by Crippen LogP contribution is -2.37. The van der Waals surface area contributed by atoms with E-state index in [1.54, 1.807) is 0 Å². The number of aliphatic carboxylic acids is 1. The van der Waals surface area contributed by atoms with Gasteiger partial charge in [0.2, 0.25) is 5.91 Å². The van der Waals surface area contributed by atoms with E-state index in [1.807, 2.05) is 48.5 Å². The van der Waals surface area contributed by atoms with E-state index >= 15 is 0 Å². The summed E-state index contributed by atoms with van der Waals surface area (Å²) in [6, 6.07) is 15.6. The van der Waals surface area contributed by atoms with Crippen LogP contribution >= 0.6 is 0 Å². The van der Waals surface area contributed by atoms with Gasteiger partial charge in [-0.25, -0.2) is 13.6 Å². The number of benzene rings is 2. The molecule has 2 saturated carbocycles. The standard InChI is InChI=1S/C26H26F2N2O5/c27-26(28)21(23(26)24(33)30(15-9-10-15)12-11-22(31)32)13-29-25(34)35-14-20-18-7-3-1-5-16(18)17-6-2-4-8-19(17)20/h1-8,15,20-21,23H,9-14H2,(H,29,34)(H,31,32). The van der Waals surface area contributed by atoms with Gasteiger partial charge < -0.3 is 20.1 Å². The van der Waals surface area contributed by atoms with Gasteiger partial charge in [0, 0.05) is 25.0 Å². The molecule has 35 heavy (non-hydrogen) atoms. The van der Waals surface area contributed by atoms with E-state index in [1.165, 1.54) is 4.90 Å². The number of rotatable bonds is 9. The number of fused-ring (bicyclic) bond motifs is 3. The van der Waals surface area contributed by atoms with E-state index in [9.17, 15) is 23.2 Å². The molecule has 9 heteroatoms. The Hall–Kier alpha value is -3.49. The van der Waals surface area contributed by atoms with Gasteiger partial charge in [-0.3, -0.25) is 9.59 Å². The molecule has 0 bridgehead atoms. The number of carbonyl (C=O) groups excluding carboxylic acids is 2. The number of carboxylic acid groups (broad SMARTS) is 1. The van der Waals surface area contributed by atoms with Gasteiger partial charge in [-0.05, 0) is 35.1 Å². The molecule has 0 saturated heterocycles. The summed E-state index contributed by atoms with van der Waals surface area (Å²) in [5.41, 5.74) is 4.25. The zero-order valence-electron chi connectivity index (χ0n) is 19.0. The number of carboxylic acids is 1. The molecule has 0 radical (unpaired) electrons. The highest BCUT2D eigenvalue weighted by molar-refractivity contribution is 5.85. The van der Waals surface area contributed by atoms with Gasteiger partial charge in [0.15, 0.2) is 0 Å². The molecular formula is C26H26F2N2O5. The number of hydrogen-bond donors (Lipinski definition) is 2. The zero-order valence-corrected chi connectivity index (χ0v) is 19.0. The van der Waals surface area contributed by atoms with Crippen molar-refractivity contribution in [1.29, 1.82) is 0 Å². The molecule has 2 N–H and O–H groups in total. The molecule has 2 fully saturated rings. The minimum absolute atomic E-state index is 0.0634. The van der Waals surface area contributed by atoms with Crippen LogP contribution in [0.1, 0.15) is 36.3 Å². The van der Waals surface area contributed by atoms with E-state index in [2.05, 4.69) is 5.32 Å². The number of halogens is 2. The average molecular weight is 484 g/mol. The van der Waals surface area contributed by atoms with Crippen LogP contribution < -0.4 is 5.32 Å². The fourth-order valence-corrected chi connectivity index (χ4v) is 5.08. The van der Waals surface area contributed by atoms with Gasteiger partial charge in [0.25, 0.3) is 5.92 Å². The largest absolute Gasteiger partial charge is 0.481 e. The molecular weight excluding hydrogens is 458 g/mol. The maximum absolute atomic E-state index is 14.4. The van der Waals surface area contributed by atoms with E-state index in [-0.39, 0.29) is 31.5 Å². The molecule has 2 atom stereocenters. The van der Waals surface area contributed by atoms with Crippen LogP contribution in [-0.2, 0) is 14.3 Å². The lowest BCUT2D eigenvalue weighted by atomic mass is 9.98. The Kier molecular flexibility index (Phi) is 5.94. The zero-order chi connectivity index (χ0) is 24.7. The van der Waals surface area contributed by atoms with Gasteiger partial charge >= 0.3 is 12.1 Å². The van der Waals surface area contributed by atoms with Crippen molar-refractivity contribution in [3.05, 3.63) is 59.7 Å². The SMILES string of the molecule is O=C(O)CCN(C(=O)C1C(CNC(=O)OCC2c3ccccc3-c3ccccc32)C1(F)F)C1CC1. The third-order valence-corrected chi connectivity index (χ3v) is 7.12. The molecule has 2 unspecified atom stereocenters. The summed E-state index contributed by atoms with van der Waals surface area (Å²) in [6.07, 6.45) is 0.271. The van der Waals surface area contributed by atoms with Crippen molar-refractivity contribution in [3.63, 3.8) is 0 Å². The Labute approximate surface area is 201 Å². The monoisotopic (exact) mass is 484 g/mol. The van der Waals surface area contributed by atoms with Crippen molar-refractivity contribution in [2.45, 2.75) is 37.1 Å². The molecule has 184 valence electrons. The van der Waals surface area contributed by atoms with Crippen LogP contribution in [0.3, 0.4) is 0 Å². The average Bonchev–Trinajstić information content (AvgIpc) is 3.73. The van der Waals surface area contributed by atoms with Crippen molar-refractivity contribution in [3.8, 4) is 11.1 Å². The van der Waals surface area contributed by atoms with E-state index in [0.717, 1.165) is 22.3 Å². The predicted molar refractivity (Wildman–Crippen MR) is 122 cm³/mol. The molecule has 0 heterocycles. The molecule has 2 aromatic carbocycles. The Bertz CT molecular complexity index is 1120. The summed E-state index contributed by atoms with van der Waals surface area (Å²) >= 11 is 0. The highest BCUT2D eigenvalue weighted by Gasteiger charge is 2.72. The summed E-state index contributed by atoms with van der Waals surface area (Å²) in [7, 11) is 0. The summed E-state index contributed by atoms with van der Waals surface area (Å²) < 4.78 is 34.2. The fourth-order valence-electron chi connectivity index (χ4n) is 5.08. The molecule has 2 amide bonds. The molecule has 0 spiro atoms. The first-order valence-corrected chi connectivity index (χ1v) is 11.8. The first-order valence-electron chi connectivity index (χ1n) is 11.8. The first kappa shape index (κ1) is 23.3. The smallest absolute Gasteiger partial charge is 0.407 e. The Balaban J connectivity index is 1.16. The second kappa shape index (κ2) is 8.94. The number of alkyl halides is 2. The highest BCUT2D eigenvalue weighted by Crippen LogP contribution is 2.56.